The Morgan fingerprint density at radius 1 is 1.60 bits per heavy atom. The molecule has 0 amide bonds. The molecule has 2 atom stereocenters. The zero-order chi connectivity index (χ0) is 11.3. The molecule has 1 saturated heterocycles. The fourth-order valence-electron chi connectivity index (χ4n) is 1.91. The van der Waals surface area contributed by atoms with Gasteiger partial charge in [-0.3, -0.25) is 4.90 Å². The summed E-state index contributed by atoms with van der Waals surface area (Å²) in [4.78, 5) is 2.39. The molecule has 1 rings (SSSR count). The lowest BCUT2D eigenvalue weighted by Crippen LogP contribution is -2.59. The van der Waals surface area contributed by atoms with E-state index in [0.717, 1.165) is 26.3 Å². The summed E-state index contributed by atoms with van der Waals surface area (Å²) in [6, 6.07) is 0. The van der Waals surface area contributed by atoms with E-state index >= 15 is 0 Å². The molecule has 0 aromatic carbocycles. The molecule has 15 heavy (non-hydrogen) atoms. The summed E-state index contributed by atoms with van der Waals surface area (Å²) in [6.07, 6.45) is 0.297. The second kappa shape index (κ2) is 5.80. The van der Waals surface area contributed by atoms with E-state index in [9.17, 15) is 0 Å². The van der Waals surface area contributed by atoms with Crippen molar-refractivity contribution in [2.75, 3.05) is 39.5 Å². The highest BCUT2D eigenvalue weighted by Gasteiger charge is 2.33. The fraction of sp³-hybridized carbons (Fsp3) is 1.00. The van der Waals surface area contributed by atoms with Crippen molar-refractivity contribution in [1.82, 2.24) is 4.90 Å². The SMILES string of the molecule is CCOCC(C)(CN)N1CCOC(C)C1. The average Bonchev–Trinajstić information content (AvgIpc) is 2.26. The topological polar surface area (TPSA) is 47.7 Å². The van der Waals surface area contributed by atoms with Gasteiger partial charge in [0.15, 0.2) is 0 Å². The van der Waals surface area contributed by atoms with Gasteiger partial charge >= 0.3 is 0 Å². The summed E-state index contributed by atoms with van der Waals surface area (Å²) in [5.74, 6) is 0. The lowest BCUT2D eigenvalue weighted by Gasteiger charge is -2.44. The number of hydrogen-bond donors (Lipinski definition) is 1. The monoisotopic (exact) mass is 216 g/mol. The van der Waals surface area contributed by atoms with Gasteiger partial charge in [-0.2, -0.15) is 0 Å². The number of nitrogens with zero attached hydrogens (tertiary/aromatic N) is 1. The summed E-state index contributed by atoms with van der Waals surface area (Å²) in [6.45, 7) is 11.0. The molecule has 2 N–H and O–H groups in total. The lowest BCUT2D eigenvalue weighted by atomic mass is 10.00. The maximum absolute atomic E-state index is 5.86. The Morgan fingerprint density at radius 2 is 2.33 bits per heavy atom. The van der Waals surface area contributed by atoms with Crippen molar-refractivity contribution < 1.29 is 9.47 Å². The Kier molecular flexibility index (Phi) is 4.99. The van der Waals surface area contributed by atoms with Gasteiger partial charge in [-0.1, -0.05) is 0 Å². The van der Waals surface area contributed by atoms with E-state index < -0.39 is 0 Å². The Labute approximate surface area is 92.7 Å². The van der Waals surface area contributed by atoms with Crippen LogP contribution in [0.2, 0.25) is 0 Å². The van der Waals surface area contributed by atoms with Gasteiger partial charge in [0.1, 0.15) is 0 Å². The van der Waals surface area contributed by atoms with E-state index in [0.29, 0.717) is 19.3 Å². The van der Waals surface area contributed by atoms with Gasteiger partial charge in [0.25, 0.3) is 0 Å². The molecule has 0 aromatic heterocycles. The maximum Gasteiger partial charge on any atom is 0.0674 e. The van der Waals surface area contributed by atoms with Gasteiger partial charge < -0.3 is 15.2 Å². The number of rotatable bonds is 5. The zero-order valence-electron chi connectivity index (χ0n) is 10.2. The van der Waals surface area contributed by atoms with Crippen LogP contribution in [0.1, 0.15) is 20.8 Å². The normalized spacial score (nSPS) is 27.6. The molecule has 1 aliphatic rings. The molecule has 2 unspecified atom stereocenters. The van der Waals surface area contributed by atoms with Crippen LogP contribution in [0.4, 0.5) is 0 Å². The first-order chi connectivity index (χ1) is 7.12. The van der Waals surface area contributed by atoms with Crippen LogP contribution in [0.5, 0.6) is 0 Å². The number of nitrogens with two attached hydrogens (primary N) is 1. The average molecular weight is 216 g/mol. The molecule has 4 heteroatoms. The van der Waals surface area contributed by atoms with E-state index in [1.165, 1.54) is 0 Å². The fourth-order valence-corrected chi connectivity index (χ4v) is 1.91. The van der Waals surface area contributed by atoms with Crippen LogP contribution >= 0.6 is 0 Å². The first-order valence-electron chi connectivity index (χ1n) is 5.77. The van der Waals surface area contributed by atoms with E-state index in [4.69, 9.17) is 15.2 Å². The highest BCUT2D eigenvalue weighted by atomic mass is 16.5. The minimum absolute atomic E-state index is 0.0476. The number of ether oxygens (including phenoxy) is 2. The predicted molar refractivity (Wildman–Crippen MR) is 60.9 cm³/mol. The molecule has 1 heterocycles. The van der Waals surface area contributed by atoms with Crippen molar-refractivity contribution in [2.45, 2.75) is 32.4 Å². The summed E-state index contributed by atoms with van der Waals surface area (Å²) in [5, 5.41) is 0. The number of morpholine rings is 1. The maximum atomic E-state index is 5.86. The molecule has 0 bridgehead atoms. The molecule has 1 fully saturated rings. The quantitative estimate of drug-likeness (QED) is 0.725. The second-order valence-corrected chi connectivity index (χ2v) is 4.47. The molecular weight excluding hydrogens is 192 g/mol. The van der Waals surface area contributed by atoms with Crippen LogP contribution in [0.15, 0.2) is 0 Å². The van der Waals surface area contributed by atoms with Gasteiger partial charge in [0.05, 0.1) is 24.9 Å². The van der Waals surface area contributed by atoms with Gasteiger partial charge in [-0.05, 0) is 20.8 Å². The number of hydrogen-bond acceptors (Lipinski definition) is 4. The predicted octanol–water partition coefficient (Wildman–Crippen LogP) is 0.461. The Hall–Kier alpha value is -0.160. The molecular formula is C11H24N2O2. The van der Waals surface area contributed by atoms with E-state index in [1.54, 1.807) is 0 Å². The first-order valence-corrected chi connectivity index (χ1v) is 5.77. The molecule has 0 spiro atoms. The van der Waals surface area contributed by atoms with Crippen LogP contribution in [0.3, 0.4) is 0 Å². The molecule has 4 nitrogen and oxygen atoms in total. The third-order valence-corrected chi connectivity index (χ3v) is 3.06. The highest BCUT2D eigenvalue weighted by molar-refractivity contribution is 4.89. The minimum atomic E-state index is -0.0476. The molecule has 1 aliphatic heterocycles. The van der Waals surface area contributed by atoms with Gasteiger partial charge in [0, 0.05) is 26.2 Å². The van der Waals surface area contributed by atoms with Gasteiger partial charge in [0.2, 0.25) is 0 Å². The van der Waals surface area contributed by atoms with Crippen molar-refractivity contribution in [2.24, 2.45) is 5.73 Å². The standard InChI is InChI=1S/C11H24N2O2/c1-4-14-9-11(3,8-12)13-5-6-15-10(2)7-13/h10H,4-9,12H2,1-3H3. The summed E-state index contributed by atoms with van der Waals surface area (Å²) in [5.41, 5.74) is 5.81. The molecule has 0 radical (unpaired) electrons. The first kappa shape index (κ1) is 12.9. The highest BCUT2D eigenvalue weighted by Crippen LogP contribution is 2.18. The van der Waals surface area contributed by atoms with Crippen molar-refractivity contribution in [3.05, 3.63) is 0 Å². The zero-order valence-corrected chi connectivity index (χ0v) is 10.2. The van der Waals surface area contributed by atoms with Crippen molar-refractivity contribution >= 4 is 0 Å². The van der Waals surface area contributed by atoms with Crippen molar-refractivity contribution in [3.8, 4) is 0 Å². The van der Waals surface area contributed by atoms with Gasteiger partial charge in [-0.25, -0.2) is 0 Å². The van der Waals surface area contributed by atoms with Crippen LogP contribution in [-0.4, -0.2) is 56.0 Å². The second-order valence-electron chi connectivity index (χ2n) is 4.47. The Balaban J connectivity index is 2.54. The van der Waals surface area contributed by atoms with Crippen LogP contribution < -0.4 is 5.73 Å². The van der Waals surface area contributed by atoms with Crippen molar-refractivity contribution in [3.63, 3.8) is 0 Å². The summed E-state index contributed by atoms with van der Waals surface area (Å²) < 4.78 is 11.0. The summed E-state index contributed by atoms with van der Waals surface area (Å²) >= 11 is 0. The van der Waals surface area contributed by atoms with Crippen molar-refractivity contribution in [1.29, 1.82) is 0 Å². The Morgan fingerprint density at radius 3 is 2.87 bits per heavy atom. The largest absolute Gasteiger partial charge is 0.380 e. The molecule has 0 aliphatic carbocycles. The Bertz CT molecular complexity index is 189. The van der Waals surface area contributed by atoms with E-state index in [-0.39, 0.29) is 5.54 Å². The third kappa shape index (κ3) is 3.41. The third-order valence-electron chi connectivity index (χ3n) is 3.06. The summed E-state index contributed by atoms with van der Waals surface area (Å²) in [7, 11) is 0. The minimum Gasteiger partial charge on any atom is -0.380 e. The smallest absolute Gasteiger partial charge is 0.0674 e. The van der Waals surface area contributed by atoms with Crippen LogP contribution in [0, 0.1) is 0 Å². The van der Waals surface area contributed by atoms with Crippen LogP contribution in [0.25, 0.3) is 0 Å². The van der Waals surface area contributed by atoms with Gasteiger partial charge in [-0.15, -0.1) is 0 Å². The van der Waals surface area contributed by atoms with E-state index in [2.05, 4.69) is 18.7 Å². The molecule has 90 valence electrons. The lowest BCUT2D eigenvalue weighted by molar-refractivity contribution is -0.0772. The molecule has 0 aromatic rings. The molecule has 0 saturated carbocycles. The van der Waals surface area contributed by atoms with E-state index in [1.807, 2.05) is 6.92 Å². The van der Waals surface area contributed by atoms with Crippen LogP contribution in [-0.2, 0) is 9.47 Å².